The van der Waals surface area contributed by atoms with Crippen molar-refractivity contribution in [2.24, 2.45) is 0 Å². The lowest BCUT2D eigenvalue weighted by Crippen LogP contribution is -2.20. The van der Waals surface area contributed by atoms with Gasteiger partial charge in [-0.25, -0.2) is 0 Å². The topological polar surface area (TPSA) is 56.8 Å². The van der Waals surface area contributed by atoms with Gasteiger partial charge in [0.05, 0.1) is 29.4 Å². The van der Waals surface area contributed by atoms with Gasteiger partial charge in [-0.1, -0.05) is 41.9 Å². The molecule has 0 fully saturated rings. The average Bonchev–Trinajstić information content (AvgIpc) is 2.68. The quantitative estimate of drug-likeness (QED) is 0.554. The van der Waals surface area contributed by atoms with Crippen molar-refractivity contribution in [1.82, 2.24) is 0 Å². The van der Waals surface area contributed by atoms with Gasteiger partial charge in [0.2, 0.25) is 0 Å². The maximum absolute atomic E-state index is 12.3. The molecule has 0 radical (unpaired) electrons. The summed E-state index contributed by atoms with van der Waals surface area (Å²) in [7, 11) is 3.00. The molecule has 3 rings (SSSR count). The largest absolute Gasteiger partial charge is 0.495 e. The fraction of sp³-hybridized carbons (Fsp3) is 0.150. The summed E-state index contributed by atoms with van der Waals surface area (Å²) in [5.74, 6) is 1.12. The van der Waals surface area contributed by atoms with Gasteiger partial charge < -0.3 is 19.5 Å². The molecular weight excluding hydrogens is 434 g/mol. The Morgan fingerprint density at radius 2 is 1.78 bits per heavy atom. The van der Waals surface area contributed by atoms with Gasteiger partial charge in [0, 0.05) is 12.1 Å². The zero-order valence-electron chi connectivity index (χ0n) is 14.7. The Bertz CT molecular complexity index is 993. The van der Waals surface area contributed by atoms with Crippen LogP contribution in [-0.2, 0) is 4.79 Å². The molecule has 0 saturated carbocycles. The lowest BCUT2D eigenvalue weighted by molar-refractivity contribution is -0.118. The Labute approximate surface area is 170 Å². The van der Waals surface area contributed by atoms with Gasteiger partial charge in [-0.15, -0.1) is 0 Å². The van der Waals surface area contributed by atoms with Crippen LogP contribution in [0, 0.1) is 0 Å². The molecule has 0 aliphatic heterocycles. The van der Waals surface area contributed by atoms with E-state index in [9.17, 15) is 4.79 Å². The number of amides is 1. The zero-order chi connectivity index (χ0) is 19.4. The molecule has 5 nitrogen and oxygen atoms in total. The van der Waals surface area contributed by atoms with Gasteiger partial charge in [0.25, 0.3) is 5.91 Å². The number of hydrogen-bond acceptors (Lipinski definition) is 4. The molecule has 0 aliphatic rings. The second kappa shape index (κ2) is 8.50. The third-order valence-corrected chi connectivity index (χ3v) is 5.05. The van der Waals surface area contributed by atoms with E-state index >= 15 is 0 Å². The maximum atomic E-state index is 12.3. The second-order valence-electron chi connectivity index (χ2n) is 5.62. The van der Waals surface area contributed by atoms with E-state index in [2.05, 4.69) is 21.2 Å². The average molecular weight is 451 g/mol. The first kappa shape index (κ1) is 19.3. The van der Waals surface area contributed by atoms with E-state index in [1.807, 2.05) is 36.4 Å². The highest BCUT2D eigenvalue weighted by Gasteiger charge is 2.14. The number of rotatable bonds is 6. The van der Waals surface area contributed by atoms with Crippen molar-refractivity contribution in [3.8, 4) is 17.2 Å². The van der Waals surface area contributed by atoms with Crippen LogP contribution in [0.2, 0.25) is 5.02 Å². The van der Waals surface area contributed by atoms with E-state index in [1.165, 1.54) is 14.2 Å². The minimum absolute atomic E-state index is 0.162. The summed E-state index contributed by atoms with van der Waals surface area (Å²) < 4.78 is 16.9. The van der Waals surface area contributed by atoms with Crippen molar-refractivity contribution in [3.05, 3.63) is 58.0 Å². The number of benzene rings is 3. The fourth-order valence-electron chi connectivity index (χ4n) is 2.61. The van der Waals surface area contributed by atoms with Crippen molar-refractivity contribution in [1.29, 1.82) is 0 Å². The summed E-state index contributed by atoms with van der Waals surface area (Å²) >= 11 is 9.62. The molecule has 0 aliphatic carbocycles. The molecule has 0 heterocycles. The summed E-state index contributed by atoms with van der Waals surface area (Å²) in [5.41, 5.74) is 0.449. The first-order valence-electron chi connectivity index (χ1n) is 8.05. The smallest absolute Gasteiger partial charge is 0.262 e. The molecule has 1 amide bonds. The molecule has 3 aromatic carbocycles. The van der Waals surface area contributed by atoms with Crippen molar-refractivity contribution in [2.75, 3.05) is 26.1 Å². The predicted molar refractivity (Wildman–Crippen MR) is 110 cm³/mol. The van der Waals surface area contributed by atoms with Crippen molar-refractivity contribution in [3.63, 3.8) is 0 Å². The molecule has 1 N–H and O–H groups in total. The summed E-state index contributed by atoms with van der Waals surface area (Å²) in [6.45, 7) is -0.162. The lowest BCUT2D eigenvalue weighted by Gasteiger charge is -2.14. The summed E-state index contributed by atoms with van der Waals surface area (Å²) in [4.78, 5) is 12.3. The molecule has 7 heteroatoms. The third kappa shape index (κ3) is 4.28. The summed E-state index contributed by atoms with van der Waals surface area (Å²) in [6.07, 6.45) is 0. The van der Waals surface area contributed by atoms with Crippen molar-refractivity contribution >= 4 is 49.9 Å². The fourth-order valence-corrected chi connectivity index (χ4v) is 3.45. The Hall–Kier alpha value is -2.44. The Morgan fingerprint density at radius 3 is 2.52 bits per heavy atom. The van der Waals surface area contributed by atoms with Crippen LogP contribution in [0.1, 0.15) is 0 Å². The first-order valence-corrected chi connectivity index (χ1v) is 9.22. The number of hydrogen-bond donors (Lipinski definition) is 1. The van der Waals surface area contributed by atoms with E-state index < -0.39 is 0 Å². The van der Waals surface area contributed by atoms with E-state index in [0.29, 0.717) is 28.0 Å². The highest BCUT2D eigenvalue weighted by Crippen LogP contribution is 2.36. The molecule has 3 aromatic rings. The van der Waals surface area contributed by atoms with Crippen LogP contribution in [0.5, 0.6) is 17.2 Å². The normalized spacial score (nSPS) is 10.5. The zero-order valence-corrected chi connectivity index (χ0v) is 17.1. The van der Waals surface area contributed by atoms with Gasteiger partial charge in [-0.05, 0) is 32.8 Å². The third-order valence-electron chi connectivity index (χ3n) is 3.93. The molecule has 0 atom stereocenters. The van der Waals surface area contributed by atoms with Gasteiger partial charge in [-0.2, -0.15) is 0 Å². The van der Waals surface area contributed by atoms with Crippen molar-refractivity contribution < 1.29 is 19.0 Å². The molecule has 0 bridgehead atoms. The summed E-state index contributed by atoms with van der Waals surface area (Å²) in [6, 6.07) is 14.9. The van der Waals surface area contributed by atoms with E-state index in [0.717, 1.165) is 15.2 Å². The number of ether oxygens (including phenoxy) is 3. The molecule has 0 spiro atoms. The van der Waals surface area contributed by atoms with Gasteiger partial charge in [0.1, 0.15) is 17.2 Å². The van der Waals surface area contributed by atoms with Crippen LogP contribution in [0.3, 0.4) is 0 Å². The second-order valence-corrected chi connectivity index (χ2v) is 6.82. The van der Waals surface area contributed by atoms with Gasteiger partial charge in [-0.3, -0.25) is 4.79 Å². The van der Waals surface area contributed by atoms with E-state index in [-0.39, 0.29) is 12.5 Å². The van der Waals surface area contributed by atoms with Crippen molar-refractivity contribution in [2.45, 2.75) is 0 Å². The number of anilines is 1. The monoisotopic (exact) mass is 449 g/mol. The molecular formula is C20H17BrClNO4. The summed E-state index contributed by atoms with van der Waals surface area (Å²) in [5, 5.41) is 5.24. The van der Waals surface area contributed by atoms with Gasteiger partial charge >= 0.3 is 0 Å². The van der Waals surface area contributed by atoms with Crippen LogP contribution < -0.4 is 19.5 Å². The molecule has 140 valence electrons. The van der Waals surface area contributed by atoms with Crippen LogP contribution in [0.4, 0.5) is 5.69 Å². The van der Waals surface area contributed by atoms with Crippen LogP contribution in [0.15, 0.2) is 53.0 Å². The maximum Gasteiger partial charge on any atom is 0.262 e. The van der Waals surface area contributed by atoms with Crippen LogP contribution >= 0.6 is 27.5 Å². The molecule has 0 aromatic heterocycles. The van der Waals surface area contributed by atoms with Crippen LogP contribution in [-0.4, -0.2) is 26.7 Å². The first-order chi connectivity index (χ1) is 13.0. The molecule has 0 saturated heterocycles. The lowest BCUT2D eigenvalue weighted by atomic mass is 10.1. The number of carbonyl (C=O) groups excluding carboxylic acids is 1. The Balaban J connectivity index is 1.73. The Morgan fingerprint density at radius 1 is 1.04 bits per heavy atom. The molecule has 27 heavy (non-hydrogen) atoms. The highest BCUT2D eigenvalue weighted by molar-refractivity contribution is 9.10. The minimum Gasteiger partial charge on any atom is -0.495 e. The highest BCUT2D eigenvalue weighted by atomic mass is 79.9. The van der Waals surface area contributed by atoms with Crippen LogP contribution in [0.25, 0.3) is 10.8 Å². The Kier molecular flexibility index (Phi) is 6.08. The SMILES string of the molecule is COc1cc(NC(=O)COc2ccc3ccccc3c2Br)c(OC)cc1Cl. The number of nitrogens with one attached hydrogen (secondary N) is 1. The minimum atomic E-state index is -0.335. The van der Waals surface area contributed by atoms with E-state index in [4.69, 9.17) is 25.8 Å². The molecule has 0 unspecified atom stereocenters. The number of halogens is 2. The standard InChI is InChI=1S/C20H17BrClNO4/c1-25-17-10-15(18(26-2)9-14(17)22)23-19(24)11-27-16-8-7-12-5-3-4-6-13(12)20(16)21/h3-10H,11H2,1-2H3,(H,23,24). The number of carbonyl (C=O) groups is 1. The predicted octanol–water partition coefficient (Wildman–Crippen LogP) is 5.29. The number of methoxy groups -OCH3 is 2. The van der Waals surface area contributed by atoms with Gasteiger partial charge in [0.15, 0.2) is 6.61 Å². The number of fused-ring (bicyclic) bond motifs is 1. The van der Waals surface area contributed by atoms with E-state index in [1.54, 1.807) is 12.1 Å².